The molecule has 5 heteroatoms. The highest BCUT2D eigenvalue weighted by atomic mass is 19.1. The van der Waals surface area contributed by atoms with Gasteiger partial charge in [-0.3, -0.25) is 0 Å². The number of halogens is 1. The van der Waals surface area contributed by atoms with Crippen LogP contribution in [-0.4, -0.2) is 25.4 Å². The van der Waals surface area contributed by atoms with Crippen molar-refractivity contribution in [3.8, 4) is 5.75 Å². The molecule has 19 heavy (non-hydrogen) atoms. The van der Waals surface area contributed by atoms with Gasteiger partial charge in [0.1, 0.15) is 0 Å². The molecular formula is C14H20BFO3. The highest BCUT2D eigenvalue weighted by molar-refractivity contribution is 6.62. The standard InChI is InChI=1S/C14H20BFO3/c1-9-7-10(12(16)11(8-9)17-6)15-18-13(2,3)14(4,5)19-15/h7-8H,1-6H3. The molecule has 1 aromatic carbocycles. The van der Waals surface area contributed by atoms with Gasteiger partial charge in [0.05, 0.1) is 18.3 Å². The summed E-state index contributed by atoms with van der Waals surface area (Å²) in [7, 11) is 0.741. The van der Waals surface area contributed by atoms with Crippen LogP contribution in [0.3, 0.4) is 0 Å². The summed E-state index contributed by atoms with van der Waals surface area (Å²) in [5.41, 5.74) is 0.320. The maximum atomic E-state index is 14.3. The molecule has 1 fully saturated rings. The summed E-state index contributed by atoms with van der Waals surface area (Å²) in [6, 6.07) is 3.39. The van der Waals surface area contributed by atoms with Crippen LogP contribution >= 0.6 is 0 Å². The van der Waals surface area contributed by atoms with Gasteiger partial charge in [0.2, 0.25) is 0 Å². The number of hydrogen-bond acceptors (Lipinski definition) is 3. The molecule has 1 aromatic rings. The molecule has 1 saturated heterocycles. The predicted molar refractivity (Wildman–Crippen MR) is 73.4 cm³/mol. The monoisotopic (exact) mass is 266 g/mol. The van der Waals surface area contributed by atoms with Gasteiger partial charge < -0.3 is 14.0 Å². The zero-order chi connectivity index (χ0) is 14.4. The SMILES string of the molecule is COc1cc(C)cc(B2OC(C)(C)C(C)(C)O2)c1F. The minimum absolute atomic E-state index is 0.213. The molecule has 0 unspecified atom stereocenters. The summed E-state index contributed by atoms with van der Waals surface area (Å²) in [5.74, 6) is -0.212. The molecule has 0 bridgehead atoms. The second-order valence-electron chi connectivity index (χ2n) is 5.96. The number of ether oxygens (including phenoxy) is 1. The Kier molecular flexibility index (Phi) is 3.39. The summed E-state index contributed by atoms with van der Waals surface area (Å²) >= 11 is 0. The minimum Gasteiger partial charge on any atom is -0.494 e. The predicted octanol–water partition coefficient (Wildman–Crippen LogP) is 2.44. The highest BCUT2D eigenvalue weighted by Crippen LogP contribution is 2.37. The lowest BCUT2D eigenvalue weighted by atomic mass is 9.77. The Morgan fingerprint density at radius 2 is 1.63 bits per heavy atom. The molecule has 0 N–H and O–H groups in total. The van der Waals surface area contributed by atoms with Crippen LogP contribution in [0.25, 0.3) is 0 Å². The number of rotatable bonds is 2. The van der Waals surface area contributed by atoms with E-state index in [1.165, 1.54) is 7.11 Å². The van der Waals surface area contributed by atoms with E-state index < -0.39 is 24.1 Å². The van der Waals surface area contributed by atoms with E-state index in [4.69, 9.17) is 14.0 Å². The van der Waals surface area contributed by atoms with Crippen molar-refractivity contribution in [1.82, 2.24) is 0 Å². The van der Waals surface area contributed by atoms with Crippen LogP contribution in [-0.2, 0) is 9.31 Å². The zero-order valence-electron chi connectivity index (χ0n) is 12.3. The van der Waals surface area contributed by atoms with Crippen LogP contribution in [0.5, 0.6) is 5.75 Å². The molecule has 3 nitrogen and oxygen atoms in total. The molecule has 104 valence electrons. The van der Waals surface area contributed by atoms with Crippen LogP contribution in [0.4, 0.5) is 4.39 Å². The Morgan fingerprint density at radius 3 is 2.11 bits per heavy atom. The van der Waals surface area contributed by atoms with Gasteiger partial charge in [-0.15, -0.1) is 0 Å². The molecule has 1 aliphatic heterocycles. The Morgan fingerprint density at radius 1 is 1.11 bits per heavy atom. The van der Waals surface area contributed by atoms with Gasteiger partial charge >= 0.3 is 7.12 Å². The third-order valence-corrected chi connectivity index (χ3v) is 3.94. The van der Waals surface area contributed by atoms with Crippen molar-refractivity contribution in [2.75, 3.05) is 7.11 Å². The van der Waals surface area contributed by atoms with Gasteiger partial charge in [0, 0.05) is 5.46 Å². The van der Waals surface area contributed by atoms with Crippen LogP contribution in [0.15, 0.2) is 12.1 Å². The van der Waals surface area contributed by atoms with Crippen molar-refractivity contribution in [3.05, 3.63) is 23.5 Å². The lowest BCUT2D eigenvalue weighted by Crippen LogP contribution is -2.41. The van der Waals surface area contributed by atoms with E-state index in [2.05, 4.69) is 0 Å². The summed E-state index contributed by atoms with van der Waals surface area (Å²) in [4.78, 5) is 0. The zero-order valence-corrected chi connectivity index (χ0v) is 12.3. The van der Waals surface area contributed by atoms with Crippen molar-refractivity contribution in [3.63, 3.8) is 0 Å². The quantitative estimate of drug-likeness (QED) is 0.769. The largest absolute Gasteiger partial charge is 0.498 e. The lowest BCUT2D eigenvalue weighted by Gasteiger charge is -2.32. The van der Waals surface area contributed by atoms with Crippen molar-refractivity contribution in [2.24, 2.45) is 0 Å². The first-order valence-electron chi connectivity index (χ1n) is 6.37. The third-order valence-electron chi connectivity index (χ3n) is 3.94. The fraction of sp³-hybridized carbons (Fsp3) is 0.571. The van der Waals surface area contributed by atoms with Gasteiger partial charge in [-0.1, -0.05) is 6.07 Å². The van der Waals surface area contributed by atoms with Crippen LogP contribution in [0, 0.1) is 12.7 Å². The van der Waals surface area contributed by atoms with Crippen molar-refractivity contribution in [1.29, 1.82) is 0 Å². The van der Waals surface area contributed by atoms with Crippen molar-refractivity contribution >= 4 is 12.6 Å². The molecule has 2 rings (SSSR count). The second-order valence-corrected chi connectivity index (χ2v) is 5.96. The highest BCUT2D eigenvalue weighted by Gasteiger charge is 2.52. The lowest BCUT2D eigenvalue weighted by molar-refractivity contribution is 0.00578. The topological polar surface area (TPSA) is 27.7 Å². The maximum Gasteiger partial charge on any atom is 0.498 e. The Hall–Kier alpha value is -1.07. The average Bonchev–Trinajstić information content (AvgIpc) is 2.50. The van der Waals surface area contributed by atoms with E-state index in [9.17, 15) is 4.39 Å². The van der Waals surface area contributed by atoms with Crippen molar-refractivity contribution < 1.29 is 18.4 Å². The van der Waals surface area contributed by atoms with E-state index in [1.807, 2.05) is 34.6 Å². The summed E-state index contributed by atoms with van der Waals surface area (Å²) in [6.07, 6.45) is 0. The maximum absolute atomic E-state index is 14.3. The minimum atomic E-state index is -0.709. The van der Waals surface area contributed by atoms with E-state index in [1.54, 1.807) is 12.1 Å². The average molecular weight is 266 g/mol. The number of hydrogen-bond donors (Lipinski definition) is 0. The number of methoxy groups -OCH3 is 1. The van der Waals surface area contributed by atoms with Gasteiger partial charge in [-0.25, -0.2) is 4.39 Å². The first-order chi connectivity index (χ1) is 8.68. The molecule has 0 atom stereocenters. The molecule has 1 heterocycles. The molecule has 0 aliphatic carbocycles. The second kappa shape index (κ2) is 4.49. The van der Waals surface area contributed by atoms with Crippen LogP contribution < -0.4 is 10.2 Å². The Balaban J connectivity index is 2.42. The first kappa shape index (κ1) is 14.3. The van der Waals surface area contributed by atoms with E-state index in [0.29, 0.717) is 5.46 Å². The van der Waals surface area contributed by atoms with Crippen molar-refractivity contribution in [2.45, 2.75) is 45.8 Å². The summed E-state index contributed by atoms with van der Waals surface area (Å²) < 4.78 is 31.1. The molecular weight excluding hydrogens is 246 g/mol. The molecule has 0 saturated carbocycles. The summed E-state index contributed by atoms with van der Waals surface area (Å²) in [5, 5.41) is 0. The fourth-order valence-corrected chi connectivity index (χ4v) is 2.05. The Bertz CT molecular complexity index is 484. The fourth-order valence-electron chi connectivity index (χ4n) is 2.05. The van der Waals surface area contributed by atoms with E-state index in [-0.39, 0.29) is 5.75 Å². The van der Waals surface area contributed by atoms with Gasteiger partial charge in [-0.05, 0) is 46.2 Å². The number of benzene rings is 1. The normalized spacial score (nSPS) is 20.7. The Labute approximate surface area is 114 Å². The van der Waals surface area contributed by atoms with Gasteiger partial charge in [0.25, 0.3) is 0 Å². The molecule has 0 amide bonds. The first-order valence-corrected chi connectivity index (χ1v) is 6.37. The smallest absolute Gasteiger partial charge is 0.494 e. The molecule has 0 spiro atoms. The molecule has 0 radical (unpaired) electrons. The van der Waals surface area contributed by atoms with Gasteiger partial charge in [0.15, 0.2) is 11.6 Å². The van der Waals surface area contributed by atoms with Gasteiger partial charge in [-0.2, -0.15) is 0 Å². The van der Waals surface area contributed by atoms with E-state index in [0.717, 1.165) is 5.56 Å². The molecule has 0 aromatic heterocycles. The third kappa shape index (κ3) is 2.37. The van der Waals surface area contributed by atoms with Crippen LogP contribution in [0.2, 0.25) is 0 Å². The number of aryl methyl sites for hydroxylation is 1. The van der Waals surface area contributed by atoms with E-state index >= 15 is 0 Å². The molecule has 1 aliphatic rings. The van der Waals surface area contributed by atoms with Crippen LogP contribution in [0.1, 0.15) is 33.3 Å². The summed E-state index contributed by atoms with van der Waals surface area (Å²) in [6.45, 7) is 9.66.